The van der Waals surface area contributed by atoms with Gasteiger partial charge in [-0.05, 0) is 60.7 Å². The van der Waals surface area contributed by atoms with Gasteiger partial charge in [-0.1, -0.05) is 0 Å². The molecule has 11 heteroatoms. The highest BCUT2D eigenvalue weighted by Crippen LogP contribution is 2.20. The molecule has 0 heterocycles. The average molecular weight is 428 g/mol. The lowest BCUT2D eigenvalue weighted by atomic mass is 10.3. The number of carbonyl (C=O) groups excluding carboxylic acids is 1. The van der Waals surface area contributed by atoms with E-state index < -0.39 is 21.0 Å². The molecule has 2 amide bonds. The zero-order chi connectivity index (χ0) is 21.7. The molecule has 154 valence electrons. The van der Waals surface area contributed by atoms with Crippen molar-refractivity contribution >= 4 is 38.8 Å². The third kappa shape index (κ3) is 5.23. The molecule has 3 aromatic carbocycles. The van der Waals surface area contributed by atoms with Gasteiger partial charge >= 0.3 is 6.03 Å². The zero-order valence-electron chi connectivity index (χ0n) is 15.3. The fraction of sp³-hybridized carbons (Fsp3) is 0. The van der Waals surface area contributed by atoms with Crippen LogP contribution >= 0.6 is 0 Å². The van der Waals surface area contributed by atoms with Crippen LogP contribution in [0.5, 0.6) is 5.75 Å². The van der Waals surface area contributed by atoms with Gasteiger partial charge in [0.15, 0.2) is 0 Å². The van der Waals surface area contributed by atoms with Crippen molar-refractivity contribution in [3.8, 4) is 5.75 Å². The lowest BCUT2D eigenvalue weighted by Gasteiger charge is -2.10. The van der Waals surface area contributed by atoms with E-state index in [4.69, 9.17) is 0 Å². The second-order valence-corrected chi connectivity index (χ2v) is 7.74. The van der Waals surface area contributed by atoms with Crippen LogP contribution < -0.4 is 15.4 Å². The van der Waals surface area contributed by atoms with E-state index in [0.717, 1.165) is 0 Å². The van der Waals surface area contributed by atoms with Crippen LogP contribution in [0, 0.1) is 10.1 Å². The summed E-state index contributed by atoms with van der Waals surface area (Å²) in [5.41, 5.74) is 0.893. The minimum atomic E-state index is -3.85. The fourth-order valence-electron chi connectivity index (χ4n) is 2.42. The molecule has 4 N–H and O–H groups in total. The molecule has 0 aromatic heterocycles. The summed E-state index contributed by atoms with van der Waals surface area (Å²) in [4.78, 5) is 22.1. The van der Waals surface area contributed by atoms with Gasteiger partial charge in [-0.25, -0.2) is 13.2 Å². The highest BCUT2D eigenvalue weighted by Gasteiger charge is 2.14. The number of phenolic OH excluding ortho intramolecular Hbond substituents is 1. The molecular formula is C19H16N4O6S. The van der Waals surface area contributed by atoms with Crippen LogP contribution in [-0.4, -0.2) is 24.5 Å². The van der Waals surface area contributed by atoms with E-state index in [1.807, 2.05) is 0 Å². The van der Waals surface area contributed by atoms with Gasteiger partial charge in [0.2, 0.25) is 0 Å². The lowest BCUT2D eigenvalue weighted by Crippen LogP contribution is -2.19. The first kappa shape index (κ1) is 20.6. The second kappa shape index (κ2) is 8.49. The van der Waals surface area contributed by atoms with E-state index in [9.17, 15) is 28.4 Å². The Bertz CT molecular complexity index is 1160. The van der Waals surface area contributed by atoms with Gasteiger partial charge in [0.25, 0.3) is 15.7 Å². The number of anilines is 3. The number of non-ortho nitro benzene ring substituents is 1. The topological polar surface area (TPSA) is 151 Å². The summed E-state index contributed by atoms with van der Waals surface area (Å²) in [6.45, 7) is 0. The van der Waals surface area contributed by atoms with Crippen LogP contribution in [0.4, 0.5) is 27.5 Å². The molecule has 0 radical (unpaired) electrons. The van der Waals surface area contributed by atoms with Crippen LogP contribution in [0.15, 0.2) is 77.7 Å². The van der Waals surface area contributed by atoms with Crippen molar-refractivity contribution in [2.24, 2.45) is 0 Å². The Labute approximate surface area is 171 Å². The maximum absolute atomic E-state index is 12.4. The van der Waals surface area contributed by atoms with Crippen molar-refractivity contribution in [1.82, 2.24) is 0 Å². The van der Waals surface area contributed by atoms with Gasteiger partial charge in [-0.3, -0.25) is 14.8 Å². The minimum Gasteiger partial charge on any atom is -0.508 e. The average Bonchev–Trinajstić information content (AvgIpc) is 2.70. The molecule has 0 saturated heterocycles. The van der Waals surface area contributed by atoms with Crippen LogP contribution in [0.1, 0.15) is 0 Å². The number of hydrogen-bond acceptors (Lipinski definition) is 6. The van der Waals surface area contributed by atoms with E-state index in [-0.39, 0.29) is 22.0 Å². The Morgan fingerprint density at radius 1 is 0.800 bits per heavy atom. The van der Waals surface area contributed by atoms with Gasteiger partial charge in [0, 0.05) is 29.2 Å². The van der Waals surface area contributed by atoms with E-state index in [1.54, 1.807) is 0 Å². The number of amides is 2. The predicted molar refractivity (Wildman–Crippen MR) is 111 cm³/mol. The van der Waals surface area contributed by atoms with Crippen molar-refractivity contribution in [1.29, 1.82) is 0 Å². The highest BCUT2D eigenvalue weighted by atomic mass is 32.2. The van der Waals surface area contributed by atoms with Crippen molar-refractivity contribution < 1.29 is 23.2 Å². The Hall–Kier alpha value is -4.12. The quantitative estimate of drug-likeness (QED) is 0.267. The lowest BCUT2D eigenvalue weighted by molar-refractivity contribution is -0.384. The molecule has 0 saturated carbocycles. The summed E-state index contributed by atoms with van der Waals surface area (Å²) in [6, 6.07) is 15.7. The Morgan fingerprint density at radius 3 is 1.77 bits per heavy atom. The van der Waals surface area contributed by atoms with Crippen LogP contribution in [-0.2, 0) is 10.0 Å². The van der Waals surface area contributed by atoms with E-state index in [2.05, 4.69) is 15.4 Å². The second-order valence-electron chi connectivity index (χ2n) is 6.06. The number of nitrogens with one attached hydrogen (secondary N) is 3. The smallest absolute Gasteiger partial charge is 0.323 e. The van der Waals surface area contributed by atoms with Gasteiger partial charge in [0.05, 0.1) is 9.82 Å². The van der Waals surface area contributed by atoms with E-state index in [1.165, 1.54) is 72.8 Å². The molecule has 0 fully saturated rings. The van der Waals surface area contributed by atoms with Crippen LogP contribution in [0.3, 0.4) is 0 Å². The van der Waals surface area contributed by atoms with Crippen molar-refractivity contribution in [2.75, 3.05) is 15.4 Å². The zero-order valence-corrected chi connectivity index (χ0v) is 16.1. The molecule has 0 spiro atoms. The number of benzene rings is 3. The van der Waals surface area contributed by atoms with E-state index in [0.29, 0.717) is 11.4 Å². The largest absolute Gasteiger partial charge is 0.508 e. The summed E-state index contributed by atoms with van der Waals surface area (Å²) in [7, 11) is -3.85. The molecule has 3 rings (SSSR count). The summed E-state index contributed by atoms with van der Waals surface area (Å²) >= 11 is 0. The summed E-state index contributed by atoms with van der Waals surface area (Å²) in [5.74, 6) is 0.0142. The standard InChI is InChI=1S/C19H16N4O6S/c24-17-9-3-15(4-10-17)22-30(28,29)18-11-5-14(6-12-18)21-19(25)20-13-1-7-16(8-2-13)23(26)27/h1-12,22,24H,(H2,20,21,25). The molecule has 0 aliphatic heterocycles. The molecule has 30 heavy (non-hydrogen) atoms. The third-order valence-electron chi connectivity index (χ3n) is 3.88. The number of nitrogens with zero attached hydrogens (tertiary/aromatic N) is 1. The molecule has 0 unspecified atom stereocenters. The maximum Gasteiger partial charge on any atom is 0.323 e. The summed E-state index contributed by atoms with van der Waals surface area (Å²) in [6.07, 6.45) is 0. The summed E-state index contributed by atoms with van der Waals surface area (Å²) in [5, 5.41) is 24.9. The Balaban J connectivity index is 1.62. The number of sulfonamides is 1. The predicted octanol–water partition coefficient (Wildman–Crippen LogP) is 3.75. The van der Waals surface area contributed by atoms with Gasteiger partial charge in [-0.15, -0.1) is 0 Å². The van der Waals surface area contributed by atoms with Crippen molar-refractivity contribution in [3.63, 3.8) is 0 Å². The molecule has 0 atom stereocenters. The minimum absolute atomic E-state index is 0.0142. The van der Waals surface area contributed by atoms with Gasteiger partial charge in [0.1, 0.15) is 5.75 Å². The number of urea groups is 1. The maximum atomic E-state index is 12.4. The first-order valence-electron chi connectivity index (χ1n) is 8.47. The Morgan fingerprint density at radius 2 is 1.27 bits per heavy atom. The monoisotopic (exact) mass is 428 g/mol. The number of phenols is 1. The van der Waals surface area contributed by atoms with Crippen molar-refractivity contribution in [3.05, 3.63) is 82.9 Å². The molecule has 0 aliphatic rings. The molecule has 10 nitrogen and oxygen atoms in total. The van der Waals surface area contributed by atoms with Crippen LogP contribution in [0.25, 0.3) is 0 Å². The molecule has 0 bridgehead atoms. The number of nitro groups is 1. The normalized spacial score (nSPS) is 10.8. The summed E-state index contributed by atoms with van der Waals surface area (Å²) < 4.78 is 27.2. The van der Waals surface area contributed by atoms with Gasteiger partial charge < -0.3 is 15.7 Å². The van der Waals surface area contributed by atoms with E-state index >= 15 is 0 Å². The number of nitro benzene ring substituents is 1. The third-order valence-corrected chi connectivity index (χ3v) is 5.28. The first-order valence-corrected chi connectivity index (χ1v) is 9.96. The van der Waals surface area contributed by atoms with Gasteiger partial charge in [-0.2, -0.15) is 0 Å². The molecule has 3 aromatic rings. The number of carbonyl (C=O) groups is 1. The molecular weight excluding hydrogens is 412 g/mol. The first-order chi connectivity index (χ1) is 14.2. The number of aromatic hydroxyl groups is 1. The number of hydrogen-bond donors (Lipinski definition) is 4. The number of rotatable bonds is 6. The fourth-order valence-corrected chi connectivity index (χ4v) is 3.48. The van der Waals surface area contributed by atoms with Crippen molar-refractivity contribution in [2.45, 2.75) is 4.90 Å². The Kier molecular flexibility index (Phi) is 5.83. The van der Waals surface area contributed by atoms with Crippen LogP contribution in [0.2, 0.25) is 0 Å². The SMILES string of the molecule is O=C(Nc1ccc([N+](=O)[O-])cc1)Nc1ccc(S(=O)(=O)Nc2ccc(O)cc2)cc1. The molecule has 0 aliphatic carbocycles. The highest BCUT2D eigenvalue weighted by molar-refractivity contribution is 7.92.